The van der Waals surface area contributed by atoms with Crippen LogP contribution in [0, 0.1) is 0 Å². The Labute approximate surface area is 168 Å². The summed E-state index contributed by atoms with van der Waals surface area (Å²) in [4.78, 5) is 22.9. The summed E-state index contributed by atoms with van der Waals surface area (Å²) in [5.74, 6) is 0.932. The van der Waals surface area contributed by atoms with E-state index in [9.17, 15) is 9.59 Å². The Morgan fingerprint density at radius 2 is 1.97 bits per heavy atom. The first-order chi connectivity index (χ1) is 14.1. The zero-order valence-electron chi connectivity index (χ0n) is 16.1. The van der Waals surface area contributed by atoms with Crippen molar-refractivity contribution in [3.8, 4) is 17.2 Å². The van der Waals surface area contributed by atoms with Gasteiger partial charge in [-0.3, -0.25) is 9.59 Å². The fourth-order valence-electron chi connectivity index (χ4n) is 2.88. The smallest absolute Gasteiger partial charge is 0.303 e. The van der Waals surface area contributed by atoms with E-state index in [1.807, 2.05) is 36.4 Å². The molecule has 0 radical (unpaired) electrons. The van der Waals surface area contributed by atoms with Crippen molar-refractivity contribution < 1.29 is 28.9 Å². The van der Waals surface area contributed by atoms with E-state index in [4.69, 9.17) is 19.3 Å². The predicted octanol–water partition coefficient (Wildman–Crippen LogP) is 3.03. The predicted molar refractivity (Wildman–Crippen MR) is 107 cm³/mol. The standard InChI is InChI=1S/C22H23NO6/c1-27-19-5-2-4-16-12-17(14-29-21(16)19)22(26)23-13-15-7-9-18(10-8-15)28-11-3-6-20(24)25/h2,4-5,7-10,12H,3,6,11,13-14H2,1H3,(H,23,26)(H,24,25). The minimum atomic E-state index is -0.833. The van der Waals surface area contributed by atoms with Crippen LogP contribution >= 0.6 is 0 Å². The number of carbonyl (C=O) groups excluding carboxylic acids is 1. The van der Waals surface area contributed by atoms with E-state index in [-0.39, 0.29) is 18.9 Å². The molecule has 0 atom stereocenters. The van der Waals surface area contributed by atoms with Gasteiger partial charge in [0.1, 0.15) is 12.4 Å². The number of fused-ring (bicyclic) bond motifs is 1. The number of nitrogens with one attached hydrogen (secondary N) is 1. The SMILES string of the molecule is COc1cccc2c1OCC(C(=O)NCc1ccc(OCCCC(=O)O)cc1)=C2. The molecule has 0 bridgehead atoms. The normalized spacial score (nSPS) is 12.2. The largest absolute Gasteiger partial charge is 0.494 e. The third-order valence-electron chi connectivity index (χ3n) is 4.40. The van der Waals surface area contributed by atoms with Crippen LogP contribution in [0.3, 0.4) is 0 Å². The van der Waals surface area contributed by atoms with Gasteiger partial charge in [-0.05, 0) is 36.3 Å². The number of aliphatic carboxylic acids is 1. The van der Waals surface area contributed by atoms with Crippen LogP contribution in [-0.4, -0.2) is 37.3 Å². The number of hydrogen-bond donors (Lipinski definition) is 2. The molecule has 152 valence electrons. The van der Waals surface area contributed by atoms with Gasteiger partial charge in [-0.2, -0.15) is 0 Å². The van der Waals surface area contributed by atoms with Crippen molar-refractivity contribution in [3.63, 3.8) is 0 Å². The van der Waals surface area contributed by atoms with Crippen LogP contribution in [0.25, 0.3) is 6.08 Å². The lowest BCUT2D eigenvalue weighted by molar-refractivity contribution is -0.137. The average molecular weight is 397 g/mol. The van der Waals surface area contributed by atoms with Gasteiger partial charge >= 0.3 is 5.97 Å². The van der Waals surface area contributed by atoms with Gasteiger partial charge in [-0.15, -0.1) is 0 Å². The van der Waals surface area contributed by atoms with Crippen LogP contribution in [0.4, 0.5) is 0 Å². The van der Waals surface area contributed by atoms with Gasteiger partial charge in [-0.25, -0.2) is 0 Å². The fraction of sp³-hybridized carbons (Fsp3) is 0.273. The maximum absolute atomic E-state index is 12.5. The molecule has 0 fully saturated rings. The highest BCUT2D eigenvalue weighted by Crippen LogP contribution is 2.35. The molecule has 7 heteroatoms. The summed E-state index contributed by atoms with van der Waals surface area (Å²) >= 11 is 0. The second-order valence-electron chi connectivity index (χ2n) is 6.51. The molecule has 7 nitrogen and oxygen atoms in total. The number of carboxylic acids is 1. The summed E-state index contributed by atoms with van der Waals surface area (Å²) < 4.78 is 16.5. The van der Waals surface area contributed by atoms with Crippen LogP contribution in [0.1, 0.15) is 24.0 Å². The lowest BCUT2D eigenvalue weighted by Gasteiger charge is -2.19. The summed E-state index contributed by atoms with van der Waals surface area (Å²) in [7, 11) is 1.58. The number of amides is 1. The number of carbonyl (C=O) groups is 2. The summed E-state index contributed by atoms with van der Waals surface area (Å²) in [6.07, 6.45) is 2.35. The molecule has 29 heavy (non-hydrogen) atoms. The third kappa shape index (κ3) is 5.51. The molecule has 0 spiro atoms. The molecular weight excluding hydrogens is 374 g/mol. The second kappa shape index (κ2) is 9.64. The Morgan fingerprint density at radius 3 is 2.69 bits per heavy atom. The number of methoxy groups -OCH3 is 1. The van der Waals surface area contributed by atoms with E-state index >= 15 is 0 Å². The van der Waals surface area contributed by atoms with Crippen LogP contribution < -0.4 is 19.5 Å². The molecule has 3 rings (SSSR count). The number of benzene rings is 2. The first kappa shape index (κ1) is 20.3. The van der Waals surface area contributed by atoms with Crippen molar-refractivity contribution in [3.05, 3.63) is 59.2 Å². The van der Waals surface area contributed by atoms with Gasteiger partial charge < -0.3 is 24.6 Å². The first-order valence-electron chi connectivity index (χ1n) is 9.29. The molecule has 1 amide bonds. The zero-order chi connectivity index (χ0) is 20.6. The number of para-hydroxylation sites is 1. The van der Waals surface area contributed by atoms with Gasteiger partial charge in [0, 0.05) is 18.5 Å². The minimum Gasteiger partial charge on any atom is -0.494 e. The van der Waals surface area contributed by atoms with Gasteiger partial charge in [0.15, 0.2) is 11.5 Å². The zero-order valence-corrected chi connectivity index (χ0v) is 16.1. The van der Waals surface area contributed by atoms with Gasteiger partial charge in [-0.1, -0.05) is 24.3 Å². The van der Waals surface area contributed by atoms with E-state index in [1.54, 1.807) is 19.2 Å². The topological polar surface area (TPSA) is 94.1 Å². The molecule has 2 N–H and O–H groups in total. The van der Waals surface area contributed by atoms with Crippen molar-refractivity contribution in [1.29, 1.82) is 0 Å². The molecular formula is C22H23NO6. The summed E-state index contributed by atoms with van der Waals surface area (Å²) in [6.45, 7) is 0.908. The summed E-state index contributed by atoms with van der Waals surface area (Å²) in [5, 5.41) is 11.5. The Morgan fingerprint density at radius 1 is 1.17 bits per heavy atom. The number of hydrogen-bond acceptors (Lipinski definition) is 5. The fourth-order valence-corrected chi connectivity index (χ4v) is 2.88. The third-order valence-corrected chi connectivity index (χ3v) is 4.40. The number of rotatable bonds is 9. The van der Waals surface area contributed by atoms with E-state index in [2.05, 4.69) is 5.32 Å². The monoisotopic (exact) mass is 397 g/mol. The van der Waals surface area contributed by atoms with E-state index in [0.29, 0.717) is 42.4 Å². The van der Waals surface area contributed by atoms with Crippen LogP contribution in [0.15, 0.2) is 48.0 Å². The minimum absolute atomic E-state index is 0.0843. The van der Waals surface area contributed by atoms with Crippen molar-refractivity contribution in [2.24, 2.45) is 0 Å². The van der Waals surface area contributed by atoms with Crippen LogP contribution in [-0.2, 0) is 16.1 Å². The molecule has 1 aliphatic rings. The van der Waals surface area contributed by atoms with E-state index in [0.717, 1.165) is 11.1 Å². The van der Waals surface area contributed by atoms with Crippen molar-refractivity contribution >= 4 is 18.0 Å². The molecule has 0 saturated heterocycles. The van der Waals surface area contributed by atoms with Gasteiger partial charge in [0.2, 0.25) is 0 Å². The summed E-state index contributed by atoms with van der Waals surface area (Å²) in [5.41, 5.74) is 2.28. The Kier molecular flexibility index (Phi) is 6.73. The van der Waals surface area contributed by atoms with Gasteiger partial charge in [0.25, 0.3) is 5.91 Å². The van der Waals surface area contributed by atoms with Gasteiger partial charge in [0.05, 0.1) is 19.3 Å². The van der Waals surface area contributed by atoms with Crippen LogP contribution in [0.2, 0.25) is 0 Å². The lowest BCUT2D eigenvalue weighted by atomic mass is 10.1. The molecule has 0 unspecified atom stereocenters. The molecule has 0 aliphatic carbocycles. The molecule has 0 aromatic heterocycles. The Bertz CT molecular complexity index is 904. The quantitative estimate of drug-likeness (QED) is 0.632. The summed E-state index contributed by atoms with van der Waals surface area (Å²) in [6, 6.07) is 12.9. The Balaban J connectivity index is 1.51. The second-order valence-corrected chi connectivity index (χ2v) is 6.51. The van der Waals surface area contributed by atoms with Crippen molar-refractivity contribution in [2.45, 2.75) is 19.4 Å². The van der Waals surface area contributed by atoms with Crippen LogP contribution in [0.5, 0.6) is 17.2 Å². The molecule has 1 heterocycles. The molecule has 0 saturated carbocycles. The number of ether oxygens (including phenoxy) is 3. The highest BCUT2D eigenvalue weighted by Gasteiger charge is 2.19. The van der Waals surface area contributed by atoms with Crippen molar-refractivity contribution in [1.82, 2.24) is 5.32 Å². The maximum atomic E-state index is 12.5. The molecule has 2 aromatic carbocycles. The molecule has 2 aromatic rings. The van der Waals surface area contributed by atoms with E-state index < -0.39 is 5.97 Å². The molecule has 1 aliphatic heterocycles. The first-order valence-corrected chi connectivity index (χ1v) is 9.29. The lowest BCUT2D eigenvalue weighted by Crippen LogP contribution is -2.28. The average Bonchev–Trinajstić information content (AvgIpc) is 2.74. The highest BCUT2D eigenvalue weighted by molar-refractivity contribution is 5.99. The van der Waals surface area contributed by atoms with Crippen molar-refractivity contribution in [2.75, 3.05) is 20.3 Å². The maximum Gasteiger partial charge on any atom is 0.303 e. The highest BCUT2D eigenvalue weighted by atomic mass is 16.5. The van der Waals surface area contributed by atoms with E-state index in [1.165, 1.54) is 0 Å². The Hall–Kier alpha value is -3.48. The number of carboxylic acid groups (broad SMARTS) is 1.